The van der Waals surface area contributed by atoms with Crippen LogP contribution >= 0.6 is 0 Å². The van der Waals surface area contributed by atoms with Crippen LogP contribution in [0.15, 0.2) is 0 Å². The molecule has 1 N–H and O–H groups in total. The molecule has 0 bridgehead atoms. The number of hydrogen-bond donors (Lipinski definition) is 1. The number of aliphatic hydroxyl groups excluding tert-OH is 1. The third-order valence-electron chi connectivity index (χ3n) is 3.27. The summed E-state index contributed by atoms with van der Waals surface area (Å²) in [6.45, 7) is 5.06. The second kappa shape index (κ2) is 2.20. The van der Waals surface area contributed by atoms with Crippen molar-refractivity contribution in [2.75, 3.05) is 6.61 Å². The molecule has 0 spiro atoms. The summed E-state index contributed by atoms with van der Waals surface area (Å²) in [5, 5.41) is 9.69. The molecule has 1 aliphatic heterocycles. The van der Waals surface area contributed by atoms with E-state index in [-0.39, 0.29) is 11.5 Å². The summed E-state index contributed by atoms with van der Waals surface area (Å²) >= 11 is 0. The molecule has 1 saturated heterocycles. The van der Waals surface area contributed by atoms with Crippen LogP contribution in [-0.2, 0) is 4.74 Å². The van der Waals surface area contributed by atoms with Gasteiger partial charge in [0.25, 0.3) is 0 Å². The maximum absolute atomic E-state index is 9.69. The first-order chi connectivity index (χ1) is 5.14. The number of aliphatic hydroxyl groups is 1. The molecule has 0 unspecified atom stereocenters. The smallest absolute Gasteiger partial charge is 0.0703 e. The van der Waals surface area contributed by atoms with Crippen LogP contribution in [-0.4, -0.2) is 23.9 Å². The minimum absolute atomic E-state index is 0.00505. The Hall–Kier alpha value is -0.0800. The van der Waals surface area contributed by atoms with E-state index >= 15 is 0 Å². The van der Waals surface area contributed by atoms with E-state index in [1.807, 2.05) is 0 Å². The molecule has 0 radical (unpaired) electrons. The number of fused-ring (bicyclic) bond motifs is 1. The summed E-state index contributed by atoms with van der Waals surface area (Å²) in [5.74, 6) is 0.429. The molecule has 0 aromatic carbocycles. The lowest BCUT2D eigenvalue weighted by molar-refractivity contribution is -0.244. The van der Waals surface area contributed by atoms with Gasteiger partial charge in [-0.05, 0) is 12.8 Å². The van der Waals surface area contributed by atoms with Gasteiger partial charge >= 0.3 is 0 Å². The van der Waals surface area contributed by atoms with Crippen LogP contribution in [0.5, 0.6) is 0 Å². The van der Waals surface area contributed by atoms with Gasteiger partial charge in [0, 0.05) is 17.9 Å². The van der Waals surface area contributed by atoms with Gasteiger partial charge in [0.2, 0.25) is 0 Å². The molecule has 2 nitrogen and oxygen atoms in total. The molecule has 2 fully saturated rings. The van der Waals surface area contributed by atoms with Gasteiger partial charge in [0.1, 0.15) is 0 Å². The van der Waals surface area contributed by atoms with Crippen molar-refractivity contribution in [3.63, 3.8) is 0 Å². The predicted molar refractivity (Wildman–Crippen MR) is 42.3 cm³/mol. The van der Waals surface area contributed by atoms with Crippen molar-refractivity contribution in [1.82, 2.24) is 0 Å². The highest BCUT2D eigenvalue weighted by Gasteiger charge is 2.57. The third kappa shape index (κ3) is 0.859. The van der Waals surface area contributed by atoms with Crippen LogP contribution in [0, 0.1) is 11.3 Å². The van der Waals surface area contributed by atoms with Gasteiger partial charge in [0.05, 0.1) is 12.2 Å². The van der Waals surface area contributed by atoms with Gasteiger partial charge in [-0.25, -0.2) is 0 Å². The largest absolute Gasteiger partial charge is 0.392 e. The zero-order valence-electron chi connectivity index (χ0n) is 7.21. The summed E-state index contributed by atoms with van der Waals surface area (Å²) in [5.41, 5.74) is 0.00505. The lowest BCUT2D eigenvalue weighted by Crippen LogP contribution is -2.64. The molecule has 0 aromatic rings. The maximum Gasteiger partial charge on any atom is 0.0703 e. The molecule has 3 atom stereocenters. The van der Waals surface area contributed by atoms with Crippen molar-refractivity contribution in [3.8, 4) is 0 Å². The first-order valence-electron chi connectivity index (χ1n) is 4.43. The van der Waals surface area contributed by atoms with Gasteiger partial charge in [-0.3, -0.25) is 0 Å². The first-order valence-corrected chi connectivity index (χ1v) is 4.43. The summed E-state index contributed by atoms with van der Waals surface area (Å²) in [7, 11) is 0. The van der Waals surface area contributed by atoms with Crippen LogP contribution in [0.4, 0.5) is 0 Å². The van der Waals surface area contributed by atoms with Crippen LogP contribution in [0.25, 0.3) is 0 Å². The molecule has 0 amide bonds. The lowest BCUT2D eigenvalue weighted by Gasteiger charge is -2.57. The fraction of sp³-hybridized carbons (Fsp3) is 1.00. The Kier molecular flexibility index (Phi) is 1.52. The van der Waals surface area contributed by atoms with Crippen LogP contribution in [0.1, 0.15) is 26.7 Å². The SMILES string of the molecule is CC1(C)[C@H](O)[C@@H]2CCCO[C@H]21. The molecule has 2 heteroatoms. The van der Waals surface area contributed by atoms with Crippen LogP contribution in [0.3, 0.4) is 0 Å². The Balaban J connectivity index is 2.09. The van der Waals surface area contributed by atoms with E-state index in [2.05, 4.69) is 13.8 Å². The molecule has 2 rings (SSSR count). The van der Waals surface area contributed by atoms with Crippen molar-refractivity contribution >= 4 is 0 Å². The molecule has 1 saturated carbocycles. The average Bonchev–Trinajstić information content (AvgIpc) is 2.04. The molecule has 2 aliphatic rings. The summed E-state index contributed by atoms with van der Waals surface area (Å²) in [6, 6.07) is 0. The molecule has 64 valence electrons. The van der Waals surface area contributed by atoms with Crippen LogP contribution < -0.4 is 0 Å². The highest BCUT2D eigenvalue weighted by atomic mass is 16.5. The molecular formula is C9H16O2. The van der Waals surface area contributed by atoms with Crippen LogP contribution in [0.2, 0.25) is 0 Å². The van der Waals surface area contributed by atoms with Gasteiger partial charge in [-0.1, -0.05) is 13.8 Å². The van der Waals surface area contributed by atoms with Crippen molar-refractivity contribution in [3.05, 3.63) is 0 Å². The van der Waals surface area contributed by atoms with E-state index < -0.39 is 0 Å². The number of hydrogen-bond acceptors (Lipinski definition) is 2. The van der Waals surface area contributed by atoms with Gasteiger partial charge in [0.15, 0.2) is 0 Å². The molecular weight excluding hydrogens is 140 g/mol. The van der Waals surface area contributed by atoms with Crippen molar-refractivity contribution in [2.24, 2.45) is 11.3 Å². The highest BCUT2D eigenvalue weighted by molar-refractivity contribution is 5.06. The minimum Gasteiger partial charge on any atom is -0.392 e. The van der Waals surface area contributed by atoms with Crippen molar-refractivity contribution < 1.29 is 9.84 Å². The second-order valence-corrected chi connectivity index (χ2v) is 4.36. The summed E-state index contributed by atoms with van der Waals surface area (Å²) in [6.07, 6.45) is 2.46. The van der Waals surface area contributed by atoms with E-state index in [1.165, 1.54) is 0 Å². The summed E-state index contributed by atoms with van der Waals surface area (Å²) in [4.78, 5) is 0. The van der Waals surface area contributed by atoms with E-state index in [9.17, 15) is 5.11 Å². The predicted octanol–water partition coefficient (Wildman–Crippen LogP) is 1.18. The van der Waals surface area contributed by atoms with Gasteiger partial charge in [-0.15, -0.1) is 0 Å². The molecule has 1 aliphatic carbocycles. The van der Waals surface area contributed by atoms with Gasteiger partial charge in [-0.2, -0.15) is 0 Å². The van der Waals surface area contributed by atoms with E-state index in [0.717, 1.165) is 19.4 Å². The standard InChI is InChI=1S/C9H16O2/c1-9(2)7(10)6-4-3-5-11-8(6)9/h6-8,10H,3-5H2,1-2H3/t6-,7+,8+/m0/s1. The molecule has 1 heterocycles. The fourth-order valence-electron chi connectivity index (χ4n) is 2.50. The van der Waals surface area contributed by atoms with Gasteiger partial charge < -0.3 is 9.84 Å². The van der Waals surface area contributed by atoms with Crippen molar-refractivity contribution in [1.29, 1.82) is 0 Å². The second-order valence-electron chi connectivity index (χ2n) is 4.36. The highest BCUT2D eigenvalue weighted by Crippen LogP contribution is 2.50. The monoisotopic (exact) mass is 156 g/mol. The lowest BCUT2D eigenvalue weighted by atomic mass is 9.57. The Labute approximate surface area is 67.6 Å². The number of ether oxygens (including phenoxy) is 1. The first kappa shape index (κ1) is 7.56. The minimum atomic E-state index is -0.132. The maximum atomic E-state index is 9.69. The zero-order chi connectivity index (χ0) is 8.06. The topological polar surface area (TPSA) is 29.5 Å². The van der Waals surface area contributed by atoms with Crippen molar-refractivity contribution in [2.45, 2.75) is 38.9 Å². The molecule has 0 aromatic heterocycles. The third-order valence-corrected chi connectivity index (χ3v) is 3.27. The van der Waals surface area contributed by atoms with E-state index in [0.29, 0.717) is 12.0 Å². The summed E-state index contributed by atoms with van der Waals surface area (Å²) < 4.78 is 5.60. The molecule has 11 heavy (non-hydrogen) atoms. The fourth-order valence-corrected chi connectivity index (χ4v) is 2.50. The normalized spacial score (nSPS) is 47.7. The Morgan fingerprint density at radius 3 is 2.82 bits per heavy atom. The Morgan fingerprint density at radius 2 is 2.18 bits per heavy atom. The average molecular weight is 156 g/mol. The Morgan fingerprint density at radius 1 is 1.45 bits per heavy atom. The zero-order valence-corrected chi connectivity index (χ0v) is 7.21. The van der Waals surface area contributed by atoms with E-state index in [1.54, 1.807) is 0 Å². The Bertz CT molecular complexity index is 165. The van der Waals surface area contributed by atoms with E-state index in [4.69, 9.17) is 4.74 Å². The quantitative estimate of drug-likeness (QED) is 0.570. The number of rotatable bonds is 0.